The van der Waals surface area contributed by atoms with E-state index in [9.17, 15) is 4.79 Å². The Morgan fingerprint density at radius 2 is 2.10 bits per heavy atom. The first kappa shape index (κ1) is 12.7. The van der Waals surface area contributed by atoms with E-state index in [4.69, 9.17) is 9.57 Å². The minimum absolute atomic E-state index is 0.0407. The third kappa shape index (κ3) is 1.92. The van der Waals surface area contributed by atoms with Crippen LogP contribution < -0.4 is 4.74 Å². The summed E-state index contributed by atoms with van der Waals surface area (Å²) in [6, 6.07) is 9.69. The van der Waals surface area contributed by atoms with E-state index in [0.717, 1.165) is 25.1 Å². The topological polar surface area (TPSA) is 42.0 Å². The summed E-state index contributed by atoms with van der Waals surface area (Å²) in [5.41, 5.74) is 1.26. The number of carbonyl (C=O) groups is 1. The SMILES string of the molecule is CN1OC=C2CCCN3C(=O)[C@H](Oc4ccccc4)[C@@H]3[C@H]21. The van der Waals surface area contributed by atoms with Crippen LogP contribution in [0.5, 0.6) is 5.75 Å². The molecule has 3 aliphatic rings. The normalized spacial score (nSPS) is 31.5. The number of fused-ring (bicyclic) bond motifs is 3. The minimum Gasteiger partial charge on any atom is -0.478 e. The number of carbonyl (C=O) groups excluding carboxylic acids is 1. The summed E-state index contributed by atoms with van der Waals surface area (Å²) in [7, 11) is 1.92. The quantitative estimate of drug-likeness (QED) is 0.774. The van der Waals surface area contributed by atoms with E-state index < -0.39 is 6.10 Å². The van der Waals surface area contributed by atoms with Crippen LogP contribution in [0.4, 0.5) is 0 Å². The van der Waals surface area contributed by atoms with Crippen LogP contribution in [-0.2, 0) is 9.63 Å². The number of hydrogen-bond donors (Lipinski definition) is 0. The monoisotopic (exact) mass is 286 g/mol. The summed E-state index contributed by atoms with van der Waals surface area (Å²) in [5.74, 6) is 0.831. The molecule has 5 heteroatoms. The van der Waals surface area contributed by atoms with Gasteiger partial charge in [-0.2, -0.15) is 0 Å². The highest BCUT2D eigenvalue weighted by Crippen LogP contribution is 2.38. The second-order valence-electron chi connectivity index (χ2n) is 5.77. The molecule has 0 unspecified atom stereocenters. The first-order valence-electron chi connectivity index (χ1n) is 7.36. The van der Waals surface area contributed by atoms with Gasteiger partial charge in [-0.25, -0.2) is 0 Å². The molecule has 1 aromatic rings. The molecular weight excluding hydrogens is 268 g/mol. The van der Waals surface area contributed by atoms with E-state index in [0.29, 0.717) is 0 Å². The molecule has 110 valence electrons. The predicted octanol–water partition coefficient (Wildman–Crippen LogP) is 1.57. The summed E-state index contributed by atoms with van der Waals surface area (Å²) in [6.07, 6.45) is 3.38. The zero-order valence-corrected chi connectivity index (χ0v) is 11.9. The van der Waals surface area contributed by atoms with Gasteiger partial charge in [0.05, 0.1) is 6.04 Å². The van der Waals surface area contributed by atoms with Gasteiger partial charge in [0.1, 0.15) is 18.1 Å². The number of hydroxylamine groups is 2. The number of ether oxygens (including phenoxy) is 1. The third-order valence-electron chi connectivity index (χ3n) is 4.53. The second-order valence-corrected chi connectivity index (χ2v) is 5.77. The zero-order chi connectivity index (χ0) is 14.4. The molecule has 2 saturated heterocycles. The maximum Gasteiger partial charge on any atom is 0.266 e. The number of benzene rings is 1. The van der Waals surface area contributed by atoms with Crippen LogP contribution in [0.3, 0.4) is 0 Å². The first-order chi connectivity index (χ1) is 10.3. The lowest BCUT2D eigenvalue weighted by Crippen LogP contribution is -2.72. The van der Waals surface area contributed by atoms with Crippen molar-refractivity contribution in [3.63, 3.8) is 0 Å². The second kappa shape index (κ2) is 4.77. The van der Waals surface area contributed by atoms with Gasteiger partial charge in [0.25, 0.3) is 5.91 Å². The van der Waals surface area contributed by atoms with Gasteiger partial charge in [0.15, 0.2) is 6.10 Å². The Bertz CT molecular complexity index is 586. The Hall–Kier alpha value is -2.01. The Kier molecular flexibility index (Phi) is 2.89. The first-order valence-corrected chi connectivity index (χ1v) is 7.36. The van der Waals surface area contributed by atoms with Gasteiger partial charge < -0.3 is 14.5 Å². The molecule has 3 heterocycles. The highest BCUT2D eigenvalue weighted by atomic mass is 16.7. The average molecular weight is 286 g/mol. The van der Waals surface area contributed by atoms with Crippen LogP contribution in [0.2, 0.25) is 0 Å². The molecule has 4 rings (SSSR count). The Balaban J connectivity index is 1.61. The molecule has 0 aliphatic carbocycles. The number of rotatable bonds is 2. The van der Waals surface area contributed by atoms with E-state index in [1.807, 2.05) is 53.6 Å². The molecule has 21 heavy (non-hydrogen) atoms. The molecule has 3 aliphatic heterocycles. The van der Waals surface area contributed by atoms with Gasteiger partial charge in [0.2, 0.25) is 0 Å². The fourth-order valence-corrected chi connectivity index (χ4v) is 3.51. The lowest BCUT2D eigenvalue weighted by molar-refractivity contribution is -0.177. The predicted molar refractivity (Wildman–Crippen MR) is 76.3 cm³/mol. The van der Waals surface area contributed by atoms with Gasteiger partial charge in [-0.1, -0.05) is 18.2 Å². The highest BCUT2D eigenvalue weighted by molar-refractivity contribution is 5.89. The summed E-state index contributed by atoms with van der Waals surface area (Å²) < 4.78 is 5.94. The van der Waals surface area contributed by atoms with Crippen molar-refractivity contribution >= 4 is 5.91 Å². The largest absolute Gasteiger partial charge is 0.478 e. The van der Waals surface area contributed by atoms with E-state index in [1.165, 1.54) is 5.57 Å². The van der Waals surface area contributed by atoms with Crippen LogP contribution in [0.25, 0.3) is 0 Å². The Labute approximate surface area is 123 Å². The minimum atomic E-state index is -0.414. The standard InChI is InChI=1S/C16H18N2O3/c1-17-13-11(10-20-17)6-5-9-18-14(13)15(16(18)19)21-12-7-3-2-4-8-12/h2-4,7-8,10,13-15H,5-6,9H2,1H3/t13-,14-,15+/m0/s1. The van der Waals surface area contributed by atoms with Crippen molar-refractivity contribution in [3.05, 3.63) is 42.2 Å². The fourth-order valence-electron chi connectivity index (χ4n) is 3.51. The zero-order valence-electron chi connectivity index (χ0n) is 11.9. The van der Waals surface area contributed by atoms with Crippen LogP contribution in [0.15, 0.2) is 42.2 Å². The van der Waals surface area contributed by atoms with E-state index in [1.54, 1.807) is 0 Å². The van der Waals surface area contributed by atoms with Crippen molar-refractivity contribution < 1.29 is 14.4 Å². The molecule has 1 aromatic carbocycles. The van der Waals surface area contributed by atoms with Crippen LogP contribution >= 0.6 is 0 Å². The lowest BCUT2D eigenvalue weighted by Gasteiger charge is -2.49. The van der Waals surface area contributed by atoms with E-state index in [-0.39, 0.29) is 18.0 Å². The maximum atomic E-state index is 12.4. The van der Waals surface area contributed by atoms with Gasteiger partial charge in [-0.3, -0.25) is 4.79 Å². The molecule has 0 spiro atoms. The van der Waals surface area contributed by atoms with Crippen LogP contribution in [0.1, 0.15) is 12.8 Å². The van der Waals surface area contributed by atoms with Crippen molar-refractivity contribution in [2.45, 2.75) is 31.0 Å². The van der Waals surface area contributed by atoms with Crippen molar-refractivity contribution in [1.82, 2.24) is 9.96 Å². The van der Waals surface area contributed by atoms with Gasteiger partial charge in [-0.05, 0) is 30.5 Å². The molecule has 0 radical (unpaired) electrons. The Morgan fingerprint density at radius 3 is 2.90 bits per heavy atom. The molecule has 0 bridgehead atoms. The highest BCUT2D eigenvalue weighted by Gasteiger charge is 2.57. The van der Waals surface area contributed by atoms with Crippen molar-refractivity contribution in [1.29, 1.82) is 0 Å². The number of β-lactam (4-membered cyclic amide) rings is 1. The fraction of sp³-hybridized carbons (Fsp3) is 0.438. The molecule has 3 atom stereocenters. The van der Waals surface area contributed by atoms with Gasteiger partial charge in [0, 0.05) is 13.6 Å². The van der Waals surface area contributed by atoms with E-state index >= 15 is 0 Å². The number of para-hydroxylation sites is 1. The number of hydrogen-bond acceptors (Lipinski definition) is 4. The third-order valence-corrected chi connectivity index (χ3v) is 4.53. The molecule has 5 nitrogen and oxygen atoms in total. The van der Waals surface area contributed by atoms with Crippen molar-refractivity contribution in [2.75, 3.05) is 13.6 Å². The van der Waals surface area contributed by atoms with Crippen molar-refractivity contribution in [2.24, 2.45) is 0 Å². The smallest absolute Gasteiger partial charge is 0.266 e. The lowest BCUT2D eigenvalue weighted by atomic mass is 9.88. The maximum absolute atomic E-state index is 12.4. The summed E-state index contributed by atoms with van der Waals surface area (Å²) in [6.45, 7) is 0.805. The van der Waals surface area contributed by atoms with Crippen LogP contribution in [0, 0.1) is 0 Å². The van der Waals surface area contributed by atoms with Gasteiger partial charge >= 0.3 is 0 Å². The molecule has 0 saturated carbocycles. The number of amides is 1. The summed E-state index contributed by atoms with van der Waals surface area (Å²) >= 11 is 0. The number of nitrogens with zero attached hydrogens (tertiary/aromatic N) is 2. The molecule has 2 fully saturated rings. The van der Waals surface area contributed by atoms with Gasteiger partial charge in [-0.15, -0.1) is 5.06 Å². The molecule has 0 aromatic heterocycles. The number of likely N-dealkylation sites (N-methyl/N-ethyl adjacent to an activating group) is 1. The molecule has 0 N–H and O–H groups in total. The summed E-state index contributed by atoms with van der Waals surface area (Å²) in [5, 5.41) is 1.84. The molecule has 1 amide bonds. The summed E-state index contributed by atoms with van der Waals surface area (Å²) in [4.78, 5) is 19.8. The average Bonchev–Trinajstić information content (AvgIpc) is 2.77. The van der Waals surface area contributed by atoms with Crippen molar-refractivity contribution in [3.8, 4) is 5.75 Å². The van der Waals surface area contributed by atoms with Crippen LogP contribution in [-0.4, -0.2) is 47.7 Å². The Morgan fingerprint density at radius 1 is 1.29 bits per heavy atom. The van der Waals surface area contributed by atoms with E-state index in [2.05, 4.69) is 0 Å². The molecular formula is C16H18N2O3.